The highest BCUT2D eigenvalue weighted by Gasteiger charge is 2.28. The van der Waals surface area contributed by atoms with Gasteiger partial charge in [-0.3, -0.25) is 9.59 Å². The fraction of sp³-hybridized carbons (Fsp3) is 0.500. The third-order valence-corrected chi connectivity index (χ3v) is 3.90. The van der Waals surface area contributed by atoms with Gasteiger partial charge in [0.15, 0.2) is 15.9 Å². The number of anilines is 1. The molecule has 0 saturated heterocycles. The van der Waals surface area contributed by atoms with E-state index in [0.29, 0.717) is 17.1 Å². The Hall–Kier alpha value is -0.880. The lowest BCUT2D eigenvalue weighted by molar-refractivity contribution is -0.105. The number of carbonyl (C=O) groups is 2. The van der Waals surface area contributed by atoms with Crippen molar-refractivity contribution < 1.29 is 9.59 Å². The molecule has 16 heavy (non-hydrogen) atoms. The number of ketones is 1. The quantitative estimate of drug-likeness (QED) is 0.512. The molecule has 6 heteroatoms. The molecule has 1 aromatic rings. The van der Waals surface area contributed by atoms with Crippen molar-refractivity contribution in [3.05, 3.63) is 4.88 Å². The third-order valence-electron chi connectivity index (χ3n) is 1.87. The van der Waals surface area contributed by atoms with Crippen LogP contribution in [0.25, 0.3) is 0 Å². The van der Waals surface area contributed by atoms with Crippen LogP contribution in [0.5, 0.6) is 0 Å². The summed E-state index contributed by atoms with van der Waals surface area (Å²) in [5.41, 5.74) is -0.471. The van der Waals surface area contributed by atoms with Crippen LogP contribution >= 0.6 is 23.1 Å². The molecule has 0 bridgehead atoms. The zero-order valence-electron chi connectivity index (χ0n) is 9.66. The molecule has 0 aliphatic heterocycles. The van der Waals surface area contributed by atoms with Crippen LogP contribution in [0.4, 0.5) is 5.82 Å². The molecule has 0 saturated carbocycles. The molecule has 1 aromatic heterocycles. The van der Waals surface area contributed by atoms with Crippen LogP contribution in [-0.4, -0.2) is 23.4 Å². The maximum atomic E-state index is 12.1. The number of nitrogens with zero attached hydrogens (tertiary/aromatic N) is 1. The Morgan fingerprint density at radius 1 is 1.50 bits per heavy atom. The average molecular weight is 258 g/mol. The summed E-state index contributed by atoms with van der Waals surface area (Å²) >= 11 is 2.77. The van der Waals surface area contributed by atoms with Gasteiger partial charge in [0.25, 0.3) is 0 Å². The van der Waals surface area contributed by atoms with Gasteiger partial charge < -0.3 is 5.32 Å². The fourth-order valence-corrected chi connectivity index (χ4v) is 2.71. The molecule has 0 spiro atoms. The Kier molecular flexibility index (Phi) is 4.09. The van der Waals surface area contributed by atoms with Gasteiger partial charge in [-0.25, -0.2) is 4.98 Å². The number of carbonyl (C=O) groups excluding carboxylic acids is 2. The average Bonchev–Trinajstić information content (AvgIpc) is 2.59. The fourth-order valence-electron chi connectivity index (χ4n) is 1.04. The largest absolute Gasteiger partial charge is 0.312 e. The predicted molar refractivity (Wildman–Crippen MR) is 67.4 cm³/mol. The van der Waals surface area contributed by atoms with Crippen molar-refractivity contribution in [1.29, 1.82) is 0 Å². The van der Waals surface area contributed by atoms with E-state index in [4.69, 9.17) is 0 Å². The van der Waals surface area contributed by atoms with Crippen molar-refractivity contribution in [3.63, 3.8) is 0 Å². The Balaban J connectivity index is 3.15. The molecule has 0 unspecified atom stereocenters. The van der Waals surface area contributed by atoms with Gasteiger partial charge in [-0.15, -0.1) is 11.3 Å². The summed E-state index contributed by atoms with van der Waals surface area (Å²) in [6.07, 6.45) is 2.42. The van der Waals surface area contributed by atoms with E-state index in [1.165, 1.54) is 23.1 Å². The number of hydrogen-bond donors (Lipinski definition) is 1. The summed E-state index contributed by atoms with van der Waals surface area (Å²) in [7, 11) is 0. The topological polar surface area (TPSA) is 59.1 Å². The highest BCUT2D eigenvalue weighted by Crippen LogP contribution is 2.33. The monoisotopic (exact) mass is 258 g/mol. The van der Waals surface area contributed by atoms with Crippen molar-refractivity contribution in [2.75, 3.05) is 11.6 Å². The van der Waals surface area contributed by atoms with E-state index < -0.39 is 5.41 Å². The Morgan fingerprint density at radius 3 is 2.56 bits per heavy atom. The highest BCUT2D eigenvalue weighted by atomic mass is 32.2. The van der Waals surface area contributed by atoms with E-state index in [1.807, 2.05) is 27.0 Å². The van der Waals surface area contributed by atoms with Crippen LogP contribution in [0.15, 0.2) is 4.34 Å². The van der Waals surface area contributed by atoms with Crippen molar-refractivity contribution in [1.82, 2.24) is 4.98 Å². The summed E-state index contributed by atoms with van der Waals surface area (Å²) < 4.78 is 0.775. The lowest BCUT2D eigenvalue weighted by Crippen LogP contribution is -2.20. The molecular formula is C10H14N2O2S2. The van der Waals surface area contributed by atoms with E-state index in [0.717, 1.165) is 4.34 Å². The van der Waals surface area contributed by atoms with Crippen LogP contribution in [0.2, 0.25) is 0 Å². The highest BCUT2D eigenvalue weighted by molar-refractivity contribution is 8.00. The maximum absolute atomic E-state index is 12.1. The first-order valence-electron chi connectivity index (χ1n) is 4.70. The van der Waals surface area contributed by atoms with Crippen molar-refractivity contribution in [3.8, 4) is 0 Å². The minimum Gasteiger partial charge on any atom is -0.312 e. The molecule has 0 atom stereocenters. The number of Topliss-reactive ketones (excluding diaryl/α,β-unsaturated/α-hetero) is 1. The SMILES string of the molecule is CSc1nc(NC=O)c(C(=O)C(C)(C)C)s1. The first-order valence-corrected chi connectivity index (χ1v) is 6.74. The van der Waals surface area contributed by atoms with E-state index in [-0.39, 0.29) is 5.78 Å². The van der Waals surface area contributed by atoms with E-state index in [1.54, 1.807) is 0 Å². The second-order valence-electron chi connectivity index (χ2n) is 4.20. The van der Waals surface area contributed by atoms with Crippen molar-refractivity contribution in [2.24, 2.45) is 5.41 Å². The van der Waals surface area contributed by atoms with Crippen molar-refractivity contribution in [2.45, 2.75) is 25.1 Å². The molecule has 0 fully saturated rings. The molecule has 0 aromatic carbocycles. The normalized spacial score (nSPS) is 11.2. The number of hydrogen-bond acceptors (Lipinski definition) is 5. The standard InChI is InChI=1S/C10H14N2O2S2/c1-10(2,3)7(14)6-8(11-5-13)12-9(15-4)16-6/h5H,1-4H3,(H,11,13). The van der Waals surface area contributed by atoms with Gasteiger partial charge in [0.1, 0.15) is 4.88 Å². The maximum Gasteiger partial charge on any atom is 0.212 e. The number of nitrogens with one attached hydrogen (secondary N) is 1. The second kappa shape index (κ2) is 4.97. The van der Waals surface area contributed by atoms with Crippen LogP contribution < -0.4 is 5.32 Å². The minimum atomic E-state index is -0.471. The van der Waals surface area contributed by atoms with E-state index >= 15 is 0 Å². The summed E-state index contributed by atoms with van der Waals surface area (Å²) in [6, 6.07) is 0. The Labute approximate surface area is 103 Å². The number of rotatable bonds is 4. The minimum absolute atomic E-state index is 0.00495. The molecule has 1 amide bonds. The predicted octanol–water partition coefficient (Wildman–Crippen LogP) is 2.66. The van der Waals surface area contributed by atoms with Crippen LogP contribution in [0, 0.1) is 5.41 Å². The van der Waals surface area contributed by atoms with Crippen LogP contribution in [0.3, 0.4) is 0 Å². The zero-order chi connectivity index (χ0) is 12.3. The van der Waals surface area contributed by atoms with Gasteiger partial charge >= 0.3 is 0 Å². The summed E-state index contributed by atoms with van der Waals surface area (Å²) in [4.78, 5) is 27.2. The molecule has 1 N–H and O–H groups in total. The summed E-state index contributed by atoms with van der Waals surface area (Å²) in [5.74, 6) is 0.360. The molecule has 88 valence electrons. The summed E-state index contributed by atoms with van der Waals surface area (Å²) in [6.45, 7) is 5.54. The van der Waals surface area contributed by atoms with Gasteiger partial charge in [-0.05, 0) is 6.26 Å². The summed E-state index contributed by atoms with van der Waals surface area (Å²) in [5, 5.41) is 2.47. The first-order chi connectivity index (χ1) is 7.40. The molecule has 0 radical (unpaired) electrons. The Morgan fingerprint density at radius 2 is 2.12 bits per heavy atom. The van der Waals surface area contributed by atoms with E-state index in [9.17, 15) is 9.59 Å². The van der Waals surface area contributed by atoms with Gasteiger partial charge in [-0.1, -0.05) is 32.5 Å². The molecule has 0 aliphatic carbocycles. The lowest BCUT2D eigenvalue weighted by atomic mass is 9.90. The second-order valence-corrected chi connectivity index (χ2v) is 6.26. The van der Waals surface area contributed by atoms with Gasteiger partial charge in [-0.2, -0.15) is 0 Å². The molecular weight excluding hydrogens is 244 g/mol. The van der Waals surface area contributed by atoms with Gasteiger partial charge in [0, 0.05) is 5.41 Å². The first kappa shape index (κ1) is 13.2. The number of thiazole rings is 1. The van der Waals surface area contributed by atoms with Crippen molar-refractivity contribution >= 4 is 41.1 Å². The number of amides is 1. The molecule has 1 heterocycles. The zero-order valence-corrected chi connectivity index (χ0v) is 11.3. The van der Waals surface area contributed by atoms with Gasteiger partial charge in [0.2, 0.25) is 6.41 Å². The molecule has 0 aliphatic rings. The molecule has 1 rings (SSSR count). The molecule has 4 nitrogen and oxygen atoms in total. The van der Waals surface area contributed by atoms with E-state index in [2.05, 4.69) is 10.3 Å². The Bertz CT molecular complexity index is 407. The van der Waals surface area contributed by atoms with Crippen LogP contribution in [-0.2, 0) is 4.79 Å². The van der Waals surface area contributed by atoms with Crippen LogP contribution in [0.1, 0.15) is 30.4 Å². The third kappa shape index (κ3) is 2.82. The number of aromatic nitrogens is 1. The smallest absolute Gasteiger partial charge is 0.212 e. The number of thioether (sulfide) groups is 1. The lowest BCUT2D eigenvalue weighted by Gasteiger charge is -2.15. The van der Waals surface area contributed by atoms with Gasteiger partial charge in [0.05, 0.1) is 0 Å².